The van der Waals surface area contributed by atoms with Crippen LogP contribution in [0, 0.1) is 13.8 Å². The van der Waals surface area contributed by atoms with E-state index in [1.165, 1.54) is 0 Å². The molecule has 1 aromatic rings. The Morgan fingerprint density at radius 2 is 2.12 bits per heavy atom. The average molecular weight is 238 g/mol. The van der Waals surface area contributed by atoms with E-state index in [0.29, 0.717) is 12.8 Å². The molecule has 0 aliphatic carbocycles. The lowest BCUT2D eigenvalue weighted by molar-refractivity contribution is 0.0444. The van der Waals surface area contributed by atoms with Gasteiger partial charge in [-0.15, -0.1) is 0 Å². The van der Waals surface area contributed by atoms with Crippen LogP contribution in [0.3, 0.4) is 0 Å². The number of rotatable bonds is 5. The van der Waals surface area contributed by atoms with Gasteiger partial charge in [0.2, 0.25) is 0 Å². The van der Waals surface area contributed by atoms with Gasteiger partial charge >= 0.3 is 0 Å². The third kappa shape index (κ3) is 2.96. The zero-order chi connectivity index (χ0) is 13.1. The number of aryl methyl sites for hydroxylation is 1. The summed E-state index contributed by atoms with van der Waals surface area (Å²) in [6.07, 6.45) is 2.84. The van der Waals surface area contributed by atoms with Crippen LogP contribution >= 0.6 is 0 Å². The third-order valence-electron chi connectivity index (χ3n) is 3.28. The van der Waals surface area contributed by atoms with Crippen molar-refractivity contribution < 1.29 is 9.84 Å². The molecule has 0 radical (unpaired) electrons. The Hall–Kier alpha value is -1.13. The summed E-state index contributed by atoms with van der Waals surface area (Å²) in [6.45, 7) is 6.08. The van der Waals surface area contributed by atoms with Crippen molar-refractivity contribution >= 4 is 0 Å². The minimum absolute atomic E-state index is 0.237. The Balaban J connectivity index is 3.08. The van der Waals surface area contributed by atoms with E-state index < -0.39 is 5.60 Å². The third-order valence-corrected chi connectivity index (χ3v) is 3.28. The van der Waals surface area contributed by atoms with Crippen LogP contribution in [0.25, 0.3) is 0 Å². The van der Waals surface area contributed by atoms with Gasteiger partial charge in [-0.05, 0) is 20.3 Å². The first kappa shape index (κ1) is 13.9. The summed E-state index contributed by atoms with van der Waals surface area (Å²) in [5.74, 6) is 0.838. The maximum absolute atomic E-state index is 10.2. The van der Waals surface area contributed by atoms with Gasteiger partial charge in [-0.25, -0.2) is 0 Å². The van der Waals surface area contributed by atoms with E-state index >= 15 is 0 Å². The smallest absolute Gasteiger partial charge is 0.128 e. The number of aliphatic hydroxyl groups is 1. The number of nitrogens with two attached hydrogens (primary N) is 1. The van der Waals surface area contributed by atoms with E-state index in [1.807, 2.05) is 20.8 Å². The highest BCUT2D eigenvalue weighted by atomic mass is 16.5. The maximum atomic E-state index is 10.2. The van der Waals surface area contributed by atoms with Gasteiger partial charge in [0.1, 0.15) is 5.75 Å². The minimum atomic E-state index is -0.877. The van der Waals surface area contributed by atoms with Crippen LogP contribution < -0.4 is 10.5 Å². The Kier molecular flexibility index (Phi) is 4.48. The van der Waals surface area contributed by atoms with E-state index in [9.17, 15) is 5.11 Å². The lowest BCUT2D eigenvalue weighted by atomic mass is 9.92. The van der Waals surface area contributed by atoms with Gasteiger partial charge in [-0.2, -0.15) is 0 Å². The lowest BCUT2D eigenvalue weighted by Gasteiger charge is -2.25. The molecule has 0 aromatic carbocycles. The molecule has 0 amide bonds. The van der Waals surface area contributed by atoms with Crippen LogP contribution in [0.4, 0.5) is 0 Å². The van der Waals surface area contributed by atoms with Gasteiger partial charge in [0.05, 0.1) is 12.7 Å². The highest BCUT2D eigenvalue weighted by molar-refractivity contribution is 5.41. The van der Waals surface area contributed by atoms with Crippen molar-refractivity contribution in [2.24, 2.45) is 5.73 Å². The summed E-state index contributed by atoms with van der Waals surface area (Å²) in [6, 6.07) is 0. The predicted molar refractivity (Wildman–Crippen MR) is 68.3 cm³/mol. The standard InChI is InChI=1S/C13H22N2O2/c1-5-13(16,8-14)6-11-10(3)12(17-4)9(2)7-15-11/h7,16H,5-6,8,14H2,1-4H3. The molecule has 1 aromatic heterocycles. The fourth-order valence-corrected chi connectivity index (χ4v) is 1.90. The quantitative estimate of drug-likeness (QED) is 0.812. The number of methoxy groups -OCH3 is 1. The normalized spacial score (nSPS) is 14.5. The van der Waals surface area contributed by atoms with Crippen LogP contribution in [-0.4, -0.2) is 29.3 Å². The Bertz CT molecular complexity index is 387. The number of pyridine rings is 1. The molecular weight excluding hydrogens is 216 g/mol. The van der Waals surface area contributed by atoms with Crippen LogP contribution in [0.5, 0.6) is 5.75 Å². The number of aromatic nitrogens is 1. The number of hydrogen-bond donors (Lipinski definition) is 2. The van der Waals surface area contributed by atoms with Crippen LogP contribution in [-0.2, 0) is 6.42 Å². The molecule has 17 heavy (non-hydrogen) atoms. The van der Waals surface area contributed by atoms with Crippen LogP contribution in [0.15, 0.2) is 6.20 Å². The summed E-state index contributed by atoms with van der Waals surface area (Å²) >= 11 is 0. The van der Waals surface area contributed by atoms with Gasteiger partial charge in [-0.1, -0.05) is 6.92 Å². The lowest BCUT2D eigenvalue weighted by Crippen LogP contribution is -2.39. The first-order valence-electron chi connectivity index (χ1n) is 5.89. The molecule has 96 valence electrons. The van der Waals surface area contributed by atoms with Crippen LogP contribution in [0.1, 0.15) is 30.2 Å². The van der Waals surface area contributed by atoms with Crippen LogP contribution in [0.2, 0.25) is 0 Å². The molecule has 4 nitrogen and oxygen atoms in total. The largest absolute Gasteiger partial charge is 0.496 e. The van der Waals surface area contributed by atoms with E-state index in [2.05, 4.69) is 4.98 Å². The first-order valence-corrected chi connectivity index (χ1v) is 5.89. The van der Waals surface area contributed by atoms with Gasteiger partial charge in [0.15, 0.2) is 0 Å². The summed E-state index contributed by atoms with van der Waals surface area (Å²) in [5, 5.41) is 10.2. The summed E-state index contributed by atoms with van der Waals surface area (Å²) in [7, 11) is 1.65. The SMILES string of the molecule is CCC(O)(CN)Cc1ncc(C)c(OC)c1C. The Morgan fingerprint density at radius 1 is 1.47 bits per heavy atom. The van der Waals surface area contributed by atoms with Crippen molar-refractivity contribution in [2.75, 3.05) is 13.7 Å². The predicted octanol–water partition coefficient (Wildman–Crippen LogP) is 1.35. The van der Waals surface area contributed by atoms with Crippen molar-refractivity contribution in [3.8, 4) is 5.75 Å². The molecule has 0 saturated heterocycles. The second-order valence-corrected chi connectivity index (χ2v) is 4.50. The van der Waals surface area contributed by atoms with E-state index in [-0.39, 0.29) is 6.54 Å². The van der Waals surface area contributed by atoms with Crippen molar-refractivity contribution in [3.05, 3.63) is 23.0 Å². The zero-order valence-electron chi connectivity index (χ0n) is 11.1. The van der Waals surface area contributed by atoms with Crippen molar-refractivity contribution in [2.45, 2.75) is 39.2 Å². The molecule has 0 aliphatic rings. The monoisotopic (exact) mass is 238 g/mol. The Morgan fingerprint density at radius 3 is 2.59 bits per heavy atom. The average Bonchev–Trinajstić information content (AvgIpc) is 2.33. The molecule has 1 heterocycles. The second kappa shape index (κ2) is 5.47. The first-order chi connectivity index (χ1) is 7.97. The number of hydrogen-bond acceptors (Lipinski definition) is 4. The number of ether oxygens (including phenoxy) is 1. The van der Waals surface area contributed by atoms with Crippen molar-refractivity contribution in [3.63, 3.8) is 0 Å². The molecule has 4 heteroatoms. The molecule has 1 unspecified atom stereocenters. The highest BCUT2D eigenvalue weighted by Crippen LogP contribution is 2.26. The van der Waals surface area contributed by atoms with E-state index in [1.54, 1.807) is 13.3 Å². The van der Waals surface area contributed by atoms with Gasteiger partial charge in [0, 0.05) is 36.0 Å². The maximum Gasteiger partial charge on any atom is 0.128 e. The van der Waals surface area contributed by atoms with E-state index in [0.717, 1.165) is 22.6 Å². The van der Waals surface area contributed by atoms with E-state index in [4.69, 9.17) is 10.5 Å². The van der Waals surface area contributed by atoms with Crippen molar-refractivity contribution in [1.29, 1.82) is 0 Å². The second-order valence-electron chi connectivity index (χ2n) is 4.50. The minimum Gasteiger partial charge on any atom is -0.496 e. The van der Waals surface area contributed by atoms with Crippen molar-refractivity contribution in [1.82, 2.24) is 4.98 Å². The molecule has 0 bridgehead atoms. The highest BCUT2D eigenvalue weighted by Gasteiger charge is 2.25. The summed E-state index contributed by atoms with van der Waals surface area (Å²) < 4.78 is 5.35. The molecule has 0 fully saturated rings. The molecular formula is C13H22N2O2. The molecule has 3 N–H and O–H groups in total. The van der Waals surface area contributed by atoms with Gasteiger partial charge in [-0.3, -0.25) is 4.98 Å². The molecule has 0 saturated carbocycles. The summed E-state index contributed by atoms with van der Waals surface area (Å²) in [5.41, 5.74) is 7.56. The molecule has 0 aliphatic heterocycles. The number of nitrogens with zero attached hydrogens (tertiary/aromatic N) is 1. The van der Waals surface area contributed by atoms with Gasteiger partial charge < -0.3 is 15.6 Å². The fourth-order valence-electron chi connectivity index (χ4n) is 1.90. The topological polar surface area (TPSA) is 68.4 Å². The summed E-state index contributed by atoms with van der Waals surface area (Å²) in [4.78, 5) is 4.37. The Labute approximate surface area is 103 Å². The van der Waals surface area contributed by atoms with Gasteiger partial charge in [0.25, 0.3) is 0 Å². The molecule has 0 spiro atoms. The molecule has 1 atom stereocenters. The zero-order valence-corrected chi connectivity index (χ0v) is 11.1. The fraction of sp³-hybridized carbons (Fsp3) is 0.615. The molecule has 1 rings (SSSR count).